The van der Waals surface area contributed by atoms with Crippen LogP contribution in [0.3, 0.4) is 0 Å². The minimum Gasteiger partial charge on any atom is -0.493 e. The Hall–Kier alpha value is -1.75. The van der Waals surface area contributed by atoms with Gasteiger partial charge in [-0.2, -0.15) is 0 Å². The minimum atomic E-state index is 0.00636. The molecule has 112 valence electrons. The third-order valence-electron chi connectivity index (χ3n) is 2.80. The average molecular weight is 280 g/mol. The van der Waals surface area contributed by atoms with Crippen molar-refractivity contribution in [2.45, 2.75) is 20.3 Å². The highest BCUT2D eigenvalue weighted by Crippen LogP contribution is 2.27. The first-order chi connectivity index (χ1) is 9.54. The molecule has 5 nitrogen and oxygen atoms in total. The lowest BCUT2D eigenvalue weighted by Gasteiger charge is -2.12. The third kappa shape index (κ3) is 5.48. The summed E-state index contributed by atoms with van der Waals surface area (Å²) in [5.41, 5.74) is 6.05. The van der Waals surface area contributed by atoms with E-state index in [1.54, 1.807) is 25.3 Å². The van der Waals surface area contributed by atoms with Crippen molar-refractivity contribution >= 4 is 5.84 Å². The Morgan fingerprint density at radius 2 is 1.95 bits per heavy atom. The first-order valence-electron chi connectivity index (χ1n) is 6.77. The summed E-state index contributed by atoms with van der Waals surface area (Å²) < 4.78 is 16.3. The summed E-state index contributed by atoms with van der Waals surface area (Å²) >= 11 is 0. The number of rotatable bonds is 9. The van der Waals surface area contributed by atoms with Gasteiger partial charge in [0, 0.05) is 12.2 Å². The Kier molecular flexibility index (Phi) is 6.87. The van der Waals surface area contributed by atoms with Gasteiger partial charge >= 0.3 is 0 Å². The number of methoxy groups -OCH3 is 1. The second-order valence-electron chi connectivity index (χ2n) is 4.92. The molecule has 20 heavy (non-hydrogen) atoms. The van der Waals surface area contributed by atoms with E-state index in [4.69, 9.17) is 25.4 Å². The van der Waals surface area contributed by atoms with Crippen LogP contribution in [0, 0.1) is 11.3 Å². The zero-order valence-corrected chi connectivity index (χ0v) is 12.4. The van der Waals surface area contributed by atoms with Crippen LogP contribution in [-0.2, 0) is 4.74 Å². The van der Waals surface area contributed by atoms with E-state index in [2.05, 4.69) is 13.8 Å². The molecule has 5 heteroatoms. The molecule has 0 atom stereocenters. The number of hydrogen-bond acceptors (Lipinski definition) is 4. The number of nitrogens with one attached hydrogen (secondary N) is 1. The maximum atomic E-state index is 7.39. The van der Waals surface area contributed by atoms with E-state index in [1.165, 1.54) is 0 Å². The number of nitrogen functional groups attached to an aromatic ring is 1. The molecule has 1 rings (SSSR count). The lowest BCUT2D eigenvalue weighted by Crippen LogP contribution is -2.12. The number of amidine groups is 1. The van der Waals surface area contributed by atoms with Crippen LogP contribution in [-0.4, -0.2) is 32.8 Å². The second-order valence-corrected chi connectivity index (χ2v) is 4.92. The smallest absolute Gasteiger partial charge is 0.161 e. The van der Waals surface area contributed by atoms with Gasteiger partial charge in [-0.15, -0.1) is 0 Å². The van der Waals surface area contributed by atoms with Crippen molar-refractivity contribution in [3.63, 3.8) is 0 Å². The van der Waals surface area contributed by atoms with Crippen LogP contribution in [0.4, 0.5) is 0 Å². The molecule has 3 N–H and O–H groups in total. The summed E-state index contributed by atoms with van der Waals surface area (Å²) in [6.45, 7) is 6.10. The minimum absolute atomic E-state index is 0.00636. The van der Waals surface area contributed by atoms with Crippen molar-refractivity contribution in [3.8, 4) is 11.5 Å². The fourth-order valence-electron chi connectivity index (χ4n) is 1.59. The molecule has 0 saturated carbocycles. The molecular weight excluding hydrogens is 256 g/mol. The Bertz CT molecular complexity index is 433. The maximum Gasteiger partial charge on any atom is 0.161 e. The van der Waals surface area contributed by atoms with Gasteiger partial charge in [0.15, 0.2) is 11.5 Å². The molecule has 0 aliphatic carbocycles. The predicted molar refractivity (Wildman–Crippen MR) is 79.8 cm³/mol. The maximum absolute atomic E-state index is 7.39. The van der Waals surface area contributed by atoms with E-state index < -0.39 is 0 Å². The molecule has 1 aromatic carbocycles. The highest BCUT2D eigenvalue weighted by atomic mass is 16.5. The number of ether oxygens (including phenoxy) is 3. The average Bonchev–Trinajstić information content (AvgIpc) is 2.42. The fraction of sp³-hybridized carbons (Fsp3) is 0.533. The van der Waals surface area contributed by atoms with E-state index >= 15 is 0 Å². The fourth-order valence-corrected chi connectivity index (χ4v) is 1.59. The molecule has 0 radical (unpaired) electrons. The molecule has 0 aromatic heterocycles. The van der Waals surface area contributed by atoms with Gasteiger partial charge in [0.1, 0.15) is 12.4 Å². The summed E-state index contributed by atoms with van der Waals surface area (Å²) in [6, 6.07) is 5.18. The van der Waals surface area contributed by atoms with Gasteiger partial charge in [-0.05, 0) is 30.5 Å². The summed E-state index contributed by atoms with van der Waals surface area (Å²) in [7, 11) is 1.56. The molecule has 0 unspecified atom stereocenters. The van der Waals surface area contributed by atoms with E-state index in [-0.39, 0.29) is 5.84 Å². The first-order valence-corrected chi connectivity index (χ1v) is 6.77. The van der Waals surface area contributed by atoms with Gasteiger partial charge in [-0.1, -0.05) is 13.8 Å². The number of nitrogens with two attached hydrogens (primary N) is 1. The third-order valence-corrected chi connectivity index (χ3v) is 2.80. The summed E-state index contributed by atoms with van der Waals surface area (Å²) in [5, 5.41) is 7.39. The van der Waals surface area contributed by atoms with Crippen molar-refractivity contribution in [1.29, 1.82) is 5.41 Å². The Morgan fingerprint density at radius 1 is 1.20 bits per heavy atom. The van der Waals surface area contributed by atoms with Crippen molar-refractivity contribution in [2.24, 2.45) is 11.7 Å². The molecule has 0 amide bonds. The zero-order chi connectivity index (χ0) is 15.0. The van der Waals surface area contributed by atoms with Gasteiger partial charge in [0.2, 0.25) is 0 Å². The van der Waals surface area contributed by atoms with Gasteiger partial charge in [-0.25, -0.2) is 0 Å². The van der Waals surface area contributed by atoms with Crippen molar-refractivity contribution in [1.82, 2.24) is 0 Å². The summed E-state index contributed by atoms with van der Waals surface area (Å²) in [5.74, 6) is 1.85. The Labute approximate surface area is 120 Å². The topological polar surface area (TPSA) is 77.6 Å². The van der Waals surface area contributed by atoms with Crippen LogP contribution in [0.1, 0.15) is 25.8 Å². The molecule has 0 aliphatic heterocycles. The second kappa shape index (κ2) is 8.43. The monoisotopic (exact) mass is 280 g/mol. The van der Waals surface area contributed by atoms with Gasteiger partial charge < -0.3 is 19.9 Å². The molecular formula is C15H24N2O3. The molecule has 0 aliphatic rings. The van der Waals surface area contributed by atoms with Gasteiger partial charge in [0.25, 0.3) is 0 Å². The van der Waals surface area contributed by atoms with Crippen LogP contribution < -0.4 is 15.2 Å². The van der Waals surface area contributed by atoms with Crippen molar-refractivity contribution in [2.75, 3.05) is 26.9 Å². The highest BCUT2D eigenvalue weighted by Gasteiger charge is 2.07. The summed E-state index contributed by atoms with van der Waals surface area (Å²) in [6.07, 6.45) is 1.05. The Morgan fingerprint density at radius 3 is 2.55 bits per heavy atom. The van der Waals surface area contributed by atoms with E-state index in [0.717, 1.165) is 13.0 Å². The van der Waals surface area contributed by atoms with Crippen LogP contribution in [0.5, 0.6) is 11.5 Å². The highest BCUT2D eigenvalue weighted by molar-refractivity contribution is 5.95. The van der Waals surface area contributed by atoms with Crippen LogP contribution in [0.2, 0.25) is 0 Å². The predicted octanol–water partition coefficient (Wildman–Crippen LogP) is 2.42. The molecule has 0 bridgehead atoms. The molecule has 1 aromatic rings. The lowest BCUT2D eigenvalue weighted by atomic mass is 10.1. The van der Waals surface area contributed by atoms with Crippen LogP contribution in [0.25, 0.3) is 0 Å². The van der Waals surface area contributed by atoms with E-state index in [0.29, 0.717) is 36.2 Å². The zero-order valence-electron chi connectivity index (χ0n) is 12.4. The quantitative estimate of drug-likeness (QED) is 0.414. The van der Waals surface area contributed by atoms with Gasteiger partial charge in [-0.3, -0.25) is 5.41 Å². The van der Waals surface area contributed by atoms with E-state index in [1.807, 2.05) is 0 Å². The standard InChI is InChI=1S/C15H24N2O3/c1-11(2)6-7-19-8-9-20-13-5-4-12(15(16)17)10-14(13)18-3/h4-5,10-11H,6-9H2,1-3H3,(H3,16,17). The normalized spacial score (nSPS) is 10.6. The molecule has 0 saturated heterocycles. The summed E-state index contributed by atoms with van der Waals surface area (Å²) in [4.78, 5) is 0. The van der Waals surface area contributed by atoms with Crippen molar-refractivity contribution < 1.29 is 14.2 Å². The van der Waals surface area contributed by atoms with Gasteiger partial charge in [0.05, 0.1) is 13.7 Å². The SMILES string of the molecule is COc1cc(C(=N)N)ccc1OCCOCCC(C)C. The largest absolute Gasteiger partial charge is 0.493 e. The number of benzene rings is 1. The first kappa shape index (κ1) is 16.3. The molecule has 0 heterocycles. The van der Waals surface area contributed by atoms with Crippen molar-refractivity contribution in [3.05, 3.63) is 23.8 Å². The lowest BCUT2D eigenvalue weighted by molar-refractivity contribution is 0.0916. The Balaban J connectivity index is 2.41. The number of hydrogen-bond donors (Lipinski definition) is 2. The van der Waals surface area contributed by atoms with Crippen LogP contribution in [0.15, 0.2) is 18.2 Å². The molecule has 0 fully saturated rings. The van der Waals surface area contributed by atoms with E-state index in [9.17, 15) is 0 Å². The van der Waals surface area contributed by atoms with Crippen LogP contribution >= 0.6 is 0 Å². The molecule has 0 spiro atoms.